The summed E-state index contributed by atoms with van der Waals surface area (Å²) >= 11 is 18.3. The maximum atomic E-state index is 13.4. The van der Waals surface area contributed by atoms with Gasteiger partial charge in [0.25, 0.3) is 5.91 Å². The Bertz CT molecular complexity index is 1260. The molecule has 1 aliphatic rings. The molecule has 10 heteroatoms. The zero-order chi connectivity index (χ0) is 25.9. The molecule has 0 spiro atoms. The molecule has 0 bridgehead atoms. The number of halogens is 2. The molecule has 35 heavy (non-hydrogen) atoms. The number of ketones is 1. The molecule has 1 amide bonds. The number of hydrogen-bond donors (Lipinski definition) is 0. The van der Waals surface area contributed by atoms with Crippen molar-refractivity contribution in [3.8, 4) is 0 Å². The standard InChI is InChI=1S/C25H23Cl2N3O4S/c1-25(2)23(33)29(16-9-11-21(28-3)20(27)14-16)24(35)30(25)17-8-10-19(26)15(12-17)13-18(31)6-5-7-22(32)34-4/h8-12,14H,5-7,13H2,1-2,4H3. The van der Waals surface area contributed by atoms with E-state index in [1.165, 1.54) is 12.0 Å². The summed E-state index contributed by atoms with van der Waals surface area (Å²) in [5, 5.41) is 0.885. The highest BCUT2D eigenvalue weighted by Crippen LogP contribution is 2.39. The minimum Gasteiger partial charge on any atom is -0.469 e. The van der Waals surface area contributed by atoms with E-state index in [0.717, 1.165) is 0 Å². The Balaban J connectivity index is 1.87. The molecule has 0 aliphatic carbocycles. The summed E-state index contributed by atoms with van der Waals surface area (Å²) < 4.78 is 4.60. The van der Waals surface area contributed by atoms with Crippen LogP contribution in [0.3, 0.4) is 0 Å². The molecule has 0 radical (unpaired) electrons. The van der Waals surface area contributed by atoms with E-state index in [9.17, 15) is 14.4 Å². The number of Topliss-reactive ketones (excluding diaryl/α,β-unsaturated/α-hetero) is 1. The van der Waals surface area contributed by atoms with Crippen molar-refractivity contribution in [3.05, 3.63) is 63.4 Å². The molecule has 2 aromatic carbocycles. The predicted octanol–water partition coefficient (Wildman–Crippen LogP) is 5.92. The molecule has 0 atom stereocenters. The van der Waals surface area contributed by atoms with Crippen LogP contribution < -0.4 is 9.80 Å². The van der Waals surface area contributed by atoms with Crippen LogP contribution in [0.4, 0.5) is 17.1 Å². The maximum Gasteiger partial charge on any atom is 0.305 e. The van der Waals surface area contributed by atoms with Gasteiger partial charge in [0.2, 0.25) is 5.69 Å². The van der Waals surface area contributed by atoms with Crippen molar-refractivity contribution in [2.45, 2.75) is 45.1 Å². The third kappa shape index (κ3) is 5.48. The smallest absolute Gasteiger partial charge is 0.305 e. The summed E-state index contributed by atoms with van der Waals surface area (Å²) in [6.07, 6.45) is 0.868. The molecular formula is C25H23Cl2N3O4S. The largest absolute Gasteiger partial charge is 0.469 e. The van der Waals surface area contributed by atoms with Crippen molar-refractivity contribution in [1.29, 1.82) is 0 Å². The van der Waals surface area contributed by atoms with Gasteiger partial charge in [0.05, 0.1) is 19.4 Å². The van der Waals surface area contributed by atoms with Gasteiger partial charge in [0.15, 0.2) is 5.11 Å². The molecular weight excluding hydrogens is 509 g/mol. The number of ether oxygens (including phenoxy) is 1. The van der Waals surface area contributed by atoms with Gasteiger partial charge in [-0.25, -0.2) is 4.85 Å². The average molecular weight is 532 g/mol. The quantitative estimate of drug-likeness (QED) is 0.239. The van der Waals surface area contributed by atoms with E-state index in [4.69, 9.17) is 42.0 Å². The number of rotatable bonds is 8. The number of hydrogen-bond acceptors (Lipinski definition) is 5. The first-order valence-corrected chi connectivity index (χ1v) is 11.9. The second-order valence-electron chi connectivity index (χ2n) is 8.49. The molecule has 0 aromatic heterocycles. The number of methoxy groups -OCH3 is 1. The number of carbonyl (C=O) groups excluding carboxylic acids is 3. The molecule has 1 heterocycles. The molecule has 2 aromatic rings. The Hall–Kier alpha value is -2.99. The van der Waals surface area contributed by atoms with Crippen LogP contribution >= 0.6 is 35.4 Å². The first-order valence-electron chi connectivity index (χ1n) is 10.7. The Labute approximate surface area is 219 Å². The molecule has 1 saturated heterocycles. The van der Waals surface area contributed by atoms with Gasteiger partial charge >= 0.3 is 5.97 Å². The lowest BCUT2D eigenvalue weighted by atomic mass is 10.0. The van der Waals surface area contributed by atoms with E-state index >= 15 is 0 Å². The Kier molecular flexibility index (Phi) is 8.16. The SMILES string of the molecule is [C-]#[N+]c1ccc(N2C(=O)C(C)(C)N(c3ccc(Cl)c(CC(=O)CCCC(=O)OC)c3)C2=S)cc1Cl. The Morgan fingerprint density at radius 1 is 1.09 bits per heavy atom. The third-order valence-electron chi connectivity index (χ3n) is 5.72. The second-order valence-corrected chi connectivity index (χ2v) is 9.67. The third-order valence-corrected chi connectivity index (χ3v) is 6.75. The van der Waals surface area contributed by atoms with E-state index in [1.54, 1.807) is 55.1 Å². The predicted molar refractivity (Wildman–Crippen MR) is 140 cm³/mol. The van der Waals surface area contributed by atoms with E-state index in [1.807, 2.05) is 0 Å². The lowest BCUT2D eigenvalue weighted by Gasteiger charge is -2.30. The van der Waals surface area contributed by atoms with E-state index in [0.29, 0.717) is 28.4 Å². The van der Waals surface area contributed by atoms with Crippen molar-refractivity contribution < 1.29 is 19.1 Å². The molecule has 1 fully saturated rings. The fourth-order valence-electron chi connectivity index (χ4n) is 3.85. The summed E-state index contributed by atoms with van der Waals surface area (Å²) in [6, 6.07) is 9.87. The number of esters is 1. The molecule has 1 aliphatic heterocycles. The summed E-state index contributed by atoms with van der Waals surface area (Å²) in [6.45, 7) is 10.7. The van der Waals surface area contributed by atoms with Crippen LogP contribution in [0.1, 0.15) is 38.7 Å². The summed E-state index contributed by atoms with van der Waals surface area (Å²) in [5.74, 6) is -0.685. The van der Waals surface area contributed by atoms with Gasteiger partial charge in [-0.1, -0.05) is 29.3 Å². The summed E-state index contributed by atoms with van der Waals surface area (Å²) in [4.78, 5) is 43.6. The minimum atomic E-state index is -1.03. The van der Waals surface area contributed by atoms with Crippen molar-refractivity contribution >= 4 is 75.3 Å². The van der Waals surface area contributed by atoms with Crippen LogP contribution in [0.2, 0.25) is 10.0 Å². The molecule has 0 saturated carbocycles. The monoisotopic (exact) mass is 531 g/mol. The Morgan fingerprint density at radius 2 is 1.77 bits per heavy atom. The van der Waals surface area contributed by atoms with Crippen LogP contribution in [0, 0.1) is 6.57 Å². The van der Waals surface area contributed by atoms with Gasteiger partial charge < -0.3 is 9.64 Å². The van der Waals surface area contributed by atoms with Crippen LogP contribution in [-0.2, 0) is 25.5 Å². The number of amides is 1. The average Bonchev–Trinajstić information content (AvgIpc) is 2.98. The number of anilines is 2. The van der Waals surface area contributed by atoms with Crippen molar-refractivity contribution in [2.24, 2.45) is 0 Å². The van der Waals surface area contributed by atoms with E-state index in [2.05, 4.69) is 9.58 Å². The Morgan fingerprint density at radius 3 is 2.40 bits per heavy atom. The first-order chi connectivity index (χ1) is 16.5. The number of thiocarbonyl (C=S) groups is 1. The minimum absolute atomic E-state index is 0.0662. The van der Waals surface area contributed by atoms with Gasteiger partial charge in [-0.3, -0.25) is 19.3 Å². The van der Waals surface area contributed by atoms with Crippen LogP contribution in [-0.4, -0.2) is 35.4 Å². The van der Waals surface area contributed by atoms with Gasteiger partial charge in [0.1, 0.15) is 11.3 Å². The van der Waals surface area contributed by atoms with Crippen molar-refractivity contribution in [1.82, 2.24) is 0 Å². The van der Waals surface area contributed by atoms with Crippen molar-refractivity contribution in [3.63, 3.8) is 0 Å². The molecule has 7 nitrogen and oxygen atoms in total. The normalized spacial score (nSPS) is 14.7. The van der Waals surface area contributed by atoms with Crippen LogP contribution in [0.15, 0.2) is 36.4 Å². The zero-order valence-corrected chi connectivity index (χ0v) is 21.8. The summed E-state index contributed by atoms with van der Waals surface area (Å²) in [5.41, 5.74) is 0.922. The molecule has 0 unspecified atom stereocenters. The maximum absolute atomic E-state index is 13.4. The second kappa shape index (κ2) is 10.7. The molecule has 3 rings (SSSR count). The lowest BCUT2D eigenvalue weighted by molar-refractivity contribution is -0.140. The van der Waals surface area contributed by atoms with Gasteiger partial charge in [-0.05, 0) is 68.4 Å². The van der Waals surface area contributed by atoms with E-state index < -0.39 is 5.54 Å². The van der Waals surface area contributed by atoms with Gasteiger partial charge in [-0.15, -0.1) is 0 Å². The number of benzene rings is 2. The highest BCUT2D eigenvalue weighted by atomic mass is 35.5. The van der Waals surface area contributed by atoms with Crippen LogP contribution in [0.5, 0.6) is 0 Å². The van der Waals surface area contributed by atoms with E-state index in [-0.39, 0.29) is 52.7 Å². The molecule has 182 valence electrons. The van der Waals surface area contributed by atoms with Crippen LogP contribution in [0.25, 0.3) is 4.85 Å². The highest BCUT2D eigenvalue weighted by molar-refractivity contribution is 7.81. The zero-order valence-electron chi connectivity index (χ0n) is 19.4. The summed E-state index contributed by atoms with van der Waals surface area (Å²) in [7, 11) is 1.31. The van der Waals surface area contributed by atoms with Crippen molar-refractivity contribution in [2.75, 3.05) is 16.9 Å². The fraction of sp³-hybridized carbons (Fsp3) is 0.320. The van der Waals surface area contributed by atoms with Gasteiger partial charge in [-0.2, -0.15) is 0 Å². The lowest BCUT2D eigenvalue weighted by Crippen LogP contribution is -2.44. The van der Waals surface area contributed by atoms with Gasteiger partial charge in [0, 0.05) is 35.0 Å². The number of carbonyl (C=O) groups is 3. The topological polar surface area (TPSA) is 71.3 Å². The first kappa shape index (κ1) is 26.6. The number of nitrogens with zero attached hydrogens (tertiary/aromatic N) is 3. The highest BCUT2D eigenvalue weighted by Gasteiger charge is 2.50. The fourth-order valence-corrected chi connectivity index (χ4v) is 4.77. The molecule has 0 N–H and O–H groups in total.